The minimum absolute atomic E-state index is 0.0713. The first-order chi connectivity index (χ1) is 11.6. The second-order valence-corrected chi connectivity index (χ2v) is 7.44. The van der Waals surface area contributed by atoms with Crippen LogP contribution in [0, 0.1) is 17.8 Å². The Kier molecular flexibility index (Phi) is 5.72. The van der Waals surface area contributed by atoms with Crippen LogP contribution in [0.25, 0.3) is 0 Å². The summed E-state index contributed by atoms with van der Waals surface area (Å²) in [7, 11) is 0. The molecule has 0 N–H and O–H groups in total. The fraction of sp³-hybridized carbons (Fsp3) is 0.571. The van der Waals surface area contributed by atoms with Gasteiger partial charge < -0.3 is 4.74 Å². The molecule has 1 aliphatic carbocycles. The number of carbonyl (C=O) groups is 1. The number of rotatable bonds is 6. The second kappa shape index (κ2) is 7.98. The van der Waals surface area contributed by atoms with Crippen molar-refractivity contribution < 1.29 is 9.53 Å². The van der Waals surface area contributed by atoms with Crippen molar-refractivity contribution in [2.75, 3.05) is 26.2 Å². The third-order valence-electron chi connectivity index (χ3n) is 5.61. The minimum Gasteiger partial charge on any atom is -0.464 e. The molecule has 24 heavy (non-hydrogen) atoms. The van der Waals surface area contributed by atoms with E-state index in [1.807, 2.05) is 30.3 Å². The molecule has 0 radical (unpaired) electrons. The molecule has 1 saturated heterocycles. The van der Waals surface area contributed by atoms with E-state index in [0.29, 0.717) is 6.61 Å². The highest BCUT2D eigenvalue weighted by Gasteiger charge is 2.31. The van der Waals surface area contributed by atoms with Gasteiger partial charge in [0.25, 0.3) is 0 Å². The molecule has 1 aromatic rings. The number of likely N-dealkylation sites (tertiary alicyclic amines) is 1. The summed E-state index contributed by atoms with van der Waals surface area (Å²) in [5.41, 5.74) is 1.07. The molecule has 3 nitrogen and oxygen atoms in total. The van der Waals surface area contributed by atoms with Crippen LogP contribution in [-0.4, -0.2) is 37.1 Å². The minimum atomic E-state index is -0.165. The van der Waals surface area contributed by atoms with Gasteiger partial charge in [-0.15, -0.1) is 0 Å². The Hall–Kier alpha value is -1.61. The van der Waals surface area contributed by atoms with Crippen molar-refractivity contribution in [2.24, 2.45) is 17.8 Å². The summed E-state index contributed by atoms with van der Waals surface area (Å²) in [4.78, 5) is 15.2. The van der Waals surface area contributed by atoms with E-state index in [4.69, 9.17) is 4.74 Å². The Morgan fingerprint density at radius 2 is 1.92 bits per heavy atom. The molecule has 3 rings (SSSR count). The van der Waals surface area contributed by atoms with Crippen molar-refractivity contribution in [3.63, 3.8) is 0 Å². The number of hydrogen-bond donors (Lipinski definition) is 0. The zero-order valence-corrected chi connectivity index (χ0v) is 14.9. The quantitative estimate of drug-likeness (QED) is 0.587. The maximum atomic E-state index is 12.8. The molecule has 4 atom stereocenters. The van der Waals surface area contributed by atoms with Gasteiger partial charge in [-0.2, -0.15) is 0 Å². The molecule has 2 aliphatic rings. The Morgan fingerprint density at radius 1 is 1.21 bits per heavy atom. The molecular weight excluding hydrogens is 298 g/mol. The van der Waals surface area contributed by atoms with E-state index in [9.17, 15) is 4.79 Å². The molecule has 130 valence electrons. The van der Waals surface area contributed by atoms with Crippen LogP contribution in [0.15, 0.2) is 42.5 Å². The second-order valence-electron chi connectivity index (χ2n) is 7.44. The maximum Gasteiger partial charge on any atom is 0.314 e. The largest absolute Gasteiger partial charge is 0.464 e. The van der Waals surface area contributed by atoms with Crippen LogP contribution < -0.4 is 0 Å². The first-order valence-corrected chi connectivity index (χ1v) is 9.25. The van der Waals surface area contributed by atoms with Crippen LogP contribution in [0.4, 0.5) is 0 Å². The fourth-order valence-corrected chi connectivity index (χ4v) is 3.95. The lowest BCUT2D eigenvalue weighted by Gasteiger charge is -2.22. The summed E-state index contributed by atoms with van der Waals surface area (Å²) in [6.45, 7) is 8.18. The predicted molar refractivity (Wildman–Crippen MR) is 96.8 cm³/mol. The number of hydrogen-bond acceptors (Lipinski definition) is 3. The zero-order valence-electron chi connectivity index (χ0n) is 14.9. The molecule has 1 aromatic carbocycles. The van der Waals surface area contributed by atoms with Gasteiger partial charge in [0.15, 0.2) is 0 Å². The monoisotopic (exact) mass is 327 g/mol. The highest BCUT2D eigenvalue weighted by Crippen LogP contribution is 2.34. The van der Waals surface area contributed by atoms with Crippen molar-refractivity contribution in [1.82, 2.24) is 4.90 Å². The van der Waals surface area contributed by atoms with Crippen LogP contribution in [0.5, 0.6) is 0 Å². The lowest BCUT2D eigenvalue weighted by molar-refractivity contribution is -0.146. The molecular formula is C21H29NO2. The summed E-state index contributed by atoms with van der Waals surface area (Å²) >= 11 is 0. The van der Waals surface area contributed by atoms with E-state index < -0.39 is 0 Å². The predicted octanol–water partition coefficient (Wildman–Crippen LogP) is 3.87. The number of carbonyl (C=O) groups excluding carboxylic acids is 1. The topological polar surface area (TPSA) is 29.5 Å². The summed E-state index contributed by atoms with van der Waals surface area (Å²) in [5.74, 6) is 1.51. The molecule has 3 heteroatoms. The highest BCUT2D eigenvalue weighted by atomic mass is 16.5. The van der Waals surface area contributed by atoms with Crippen LogP contribution in [-0.2, 0) is 9.53 Å². The smallest absolute Gasteiger partial charge is 0.314 e. The van der Waals surface area contributed by atoms with E-state index in [2.05, 4.69) is 30.9 Å². The van der Waals surface area contributed by atoms with Crippen molar-refractivity contribution in [1.29, 1.82) is 0 Å². The van der Waals surface area contributed by atoms with Crippen LogP contribution >= 0.6 is 0 Å². The summed E-state index contributed by atoms with van der Waals surface area (Å²) in [5, 5.41) is 0. The molecule has 0 spiro atoms. The number of ether oxygens (including phenoxy) is 1. The Balaban J connectivity index is 1.57. The number of nitrogens with zero attached hydrogens (tertiary/aromatic N) is 1. The Bertz CT molecular complexity index is 558. The molecule has 1 fully saturated rings. The van der Waals surface area contributed by atoms with Crippen LogP contribution in [0.2, 0.25) is 0 Å². The molecule has 0 aromatic heterocycles. The SMILES string of the molecule is CC1CN(CCOC(=O)C(c2ccccc2)C2C=CCC2)CC1C. The summed E-state index contributed by atoms with van der Waals surface area (Å²) in [6.07, 6.45) is 6.46. The van der Waals surface area contributed by atoms with Crippen molar-refractivity contribution in [2.45, 2.75) is 32.6 Å². The van der Waals surface area contributed by atoms with Crippen molar-refractivity contribution in [3.8, 4) is 0 Å². The summed E-state index contributed by atoms with van der Waals surface area (Å²) < 4.78 is 5.69. The van der Waals surface area contributed by atoms with E-state index >= 15 is 0 Å². The third kappa shape index (κ3) is 4.07. The average Bonchev–Trinajstić information content (AvgIpc) is 3.20. The van der Waals surface area contributed by atoms with E-state index in [0.717, 1.165) is 49.9 Å². The van der Waals surface area contributed by atoms with Gasteiger partial charge >= 0.3 is 5.97 Å². The molecule has 0 bridgehead atoms. The highest BCUT2D eigenvalue weighted by molar-refractivity contribution is 5.79. The average molecular weight is 327 g/mol. The normalized spacial score (nSPS) is 28.2. The zero-order chi connectivity index (χ0) is 16.9. The maximum absolute atomic E-state index is 12.8. The number of allylic oxidation sites excluding steroid dienone is 2. The van der Waals surface area contributed by atoms with Crippen molar-refractivity contribution >= 4 is 5.97 Å². The molecule has 1 aliphatic heterocycles. The first kappa shape index (κ1) is 17.2. The third-order valence-corrected chi connectivity index (χ3v) is 5.61. The Morgan fingerprint density at radius 3 is 2.54 bits per heavy atom. The fourth-order valence-electron chi connectivity index (χ4n) is 3.95. The molecule has 4 unspecified atom stereocenters. The van der Waals surface area contributed by atoms with Gasteiger partial charge in [-0.05, 0) is 36.2 Å². The van der Waals surface area contributed by atoms with Crippen molar-refractivity contribution in [3.05, 3.63) is 48.0 Å². The van der Waals surface area contributed by atoms with E-state index in [1.54, 1.807) is 0 Å². The van der Waals surface area contributed by atoms with Gasteiger partial charge in [-0.25, -0.2) is 0 Å². The van der Waals surface area contributed by atoms with Gasteiger partial charge in [-0.3, -0.25) is 9.69 Å². The van der Waals surface area contributed by atoms with Gasteiger partial charge in [0.2, 0.25) is 0 Å². The van der Waals surface area contributed by atoms with Crippen LogP contribution in [0.1, 0.15) is 38.2 Å². The van der Waals surface area contributed by atoms with E-state index in [-0.39, 0.29) is 17.8 Å². The molecule has 0 saturated carbocycles. The number of esters is 1. The van der Waals surface area contributed by atoms with Gasteiger partial charge in [0.05, 0.1) is 5.92 Å². The van der Waals surface area contributed by atoms with Crippen LogP contribution in [0.3, 0.4) is 0 Å². The van der Waals surface area contributed by atoms with Gasteiger partial charge in [-0.1, -0.05) is 56.3 Å². The Labute approximate surface area is 145 Å². The van der Waals surface area contributed by atoms with Gasteiger partial charge in [0.1, 0.15) is 6.61 Å². The molecule has 1 heterocycles. The van der Waals surface area contributed by atoms with Gasteiger partial charge in [0, 0.05) is 19.6 Å². The lowest BCUT2D eigenvalue weighted by Crippen LogP contribution is -2.29. The molecule has 0 amide bonds. The standard InChI is InChI=1S/C21H29NO2/c1-16-14-22(15-17(16)2)12-13-24-21(23)20(19-10-6-7-11-19)18-8-4-3-5-9-18/h3-6,8-10,16-17,19-20H,7,11-15H2,1-2H3. The first-order valence-electron chi connectivity index (χ1n) is 9.25. The van der Waals surface area contributed by atoms with E-state index in [1.165, 1.54) is 0 Å². The summed E-state index contributed by atoms with van der Waals surface area (Å²) in [6, 6.07) is 10.1. The number of benzene rings is 1. The lowest BCUT2D eigenvalue weighted by atomic mass is 9.85.